The van der Waals surface area contributed by atoms with Crippen molar-refractivity contribution >= 4 is 6.09 Å². The molecule has 1 aliphatic heterocycles. The predicted molar refractivity (Wildman–Crippen MR) is 105 cm³/mol. The Labute approximate surface area is 158 Å². The van der Waals surface area contributed by atoms with Gasteiger partial charge in [0.1, 0.15) is 5.60 Å². The van der Waals surface area contributed by atoms with Crippen molar-refractivity contribution in [2.75, 3.05) is 6.54 Å². The number of allylic oxidation sites excluding steroid dienone is 4. The number of nitrogens with zero attached hydrogens (tertiary/aromatic N) is 1. The van der Waals surface area contributed by atoms with Crippen molar-refractivity contribution < 1.29 is 18.3 Å². The zero-order valence-corrected chi connectivity index (χ0v) is 18.0. The smallest absolute Gasteiger partial charge is 0.410 e. The van der Waals surface area contributed by atoms with E-state index in [0.29, 0.717) is 5.41 Å². The molecule has 1 saturated heterocycles. The maximum Gasteiger partial charge on any atom is 0.410 e. The molecule has 1 atom stereocenters. The summed E-state index contributed by atoms with van der Waals surface area (Å²) in [7, 11) is 0. The number of likely N-dealkylation sites (tertiary alicyclic amines) is 1. The molecule has 2 rings (SSSR count). The number of alkyl halides is 2. The van der Waals surface area contributed by atoms with Crippen LogP contribution in [0, 0.1) is 5.41 Å². The highest BCUT2D eigenvalue weighted by Crippen LogP contribution is 2.32. The number of hydrogen-bond acceptors (Lipinski definition) is 2. The van der Waals surface area contributed by atoms with Gasteiger partial charge in [0.25, 0.3) is 5.92 Å². The van der Waals surface area contributed by atoms with Gasteiger partial charge in [-0.1, -0.05) is 58.4 Å². The summed E-state index contributed by atoms with van der Waals surface area (Å²) >= 11 is 0. The van der Waals surface area contributed by atoms with E-state index in [9.17, 15) is 13.6 Å². The SMILES string of the molecule is CC.CC(C)(C)C1=CC=CC1.CC1CC(F)(F)CN1C(=O)OC(C)(C)C. The van der Waals surface area contributed by atoms with Crippen LogP contribution in [0.5, 0.6) is 0 Å². The maximum absolute atomic E-state index is 13.0. The van der Waals surface area contributed by atoms with E-state index in [1.807, 2.05) is 13.8 Å². The van der Waals surface area contributed by atoms with Gasteiger partial charge in [0.15, 0.2) is 0 Å². The Morgan fingerprint density at radius 2 is 1.73 bits per heavy atom. The van der Waals surface area contributed by atoms with E-state index < -0.39 is 30.2 Å². The monoisotopic (exact) mass is 373 g/mol. The number of amides is 1. The van der Waals surface area contributed by atoms with E-state index in [-0.39, 0.29) is 6.42 Å². The molecule has 26 heavy (non-hydrogen) atoms. The second-order valence-corrected chi connectivity index (χ2v) is 8.59. The molecule has 1 heterocycles. The molecule has 1 fully saturated rings. The Balaban J connectivity index is 0.000000484. The fourth-order valence-corrected chi connectivity index (χ4v) is 2.58. The molecule has 1 aliphatic carbocycles. The number of carbonyl (C=O) groups is 1. The third kappa shape index (κ3) is 8.81. The molecule has 0 aromatic heterocycles. The molecule has 3 nitrogen and oxygen atoms in total. The molecule has 152 valence electrons. The summed E-state index contributed by atoms with van der Waals surface area (Å²) in [4.78, 5) is 12.6. The maximum atomic E-state index is 13.0. The number of ether oxygens (including phenoxy) is 1. The first-order valence-corrected chi connectivity index (χ1v) is 9.45. The average Bonchev–Trinajstić information content (AvgIpc) is 3.07. The van der Waals surface area contributed by atoms with Crippen molar-refractivity contribution in [1.82, 2.24) is 4.90 Å². The topological polar surface area (TPSA) is 29.5 Å². The molecule has 1 unspecified atom stereocenters. The molecule has 0 aromatic rings. The van der Waals surface area contributed by atoms with Crippen LogP contribution >= 0.6 is 0 Å². The van der Waals surface area contributed by atoms with Crippen LogP contribution in [0.25, 0.3) is 0 Å². The lowest BCUT2D eigenvalue weighted by molar-refractivity contribution is -0.00231. The van der Waals surface area contributed by atoms with Crippen LogP contribution in [0.15, 0.2) is 23.8 Å². The van der Waals surface area contributed by atoms with E-state index in [2.05, 4.69) is 39.0 Å². The minimum absolute atomic E-state index is 0.285. The molecule has 0 saturated carbocycles. The Bertz CT molecular complexity index is 511. The van der Waals surface area contributed by atoms with Gasteiger partial charge in [-0.2, -0.15) is 0 Å². The lowest BCUT2D eigenvalue weighted by atomic mass is 9.86. The van der Waals surface area contributed by atoms with Crippen LogP contribution in [0.3, 0.4) is 0 Å². The van der Waals surface area contributed by atoms with E-state index in [0.717, 1.165) is 11.3 Å². The first kappa shape index (κ1) is 24.6. The highest BCUT2D eigenvalue weighted by molar-refractivity contribution is 5.69. The van der Waals surface area contributed by atoms with Gasteiger partial charge in [-0.3, -0.25) is 4.90 Å². The van der Waals surface area contributed by atoms with Gasteiger partial charge in [-0.25, -0.2) is 13.6 Å². The second kappa shape index (κ2) is 9.52. The van der Waals surface area contributed by atoms with Crippen molar-refractivity contribution in [2.45, 2.75) is 92.7 Å². The first-order chi connectivity index (χ1) is 11.7. The number of hydrogen-bond donors (Lipinski definition) is 0. The molecule has 0 radical (unpaired) electrons. The van der Waals surface area contributed by atoms with E-state index in [1.165, 1.54) is 0 Å². The minimum Gasteiger partial charge on any atom is -0.444 e. The third-order valence-electron chi connectivity index (χ3n) is 3.89. The van der Waals surface area contributed by atoms with Crippen molar-refractivity contribution in [1.29, 1.82) is 0 Å². The minimum atomic E-state index is -2.78. The fourth-order valence-electron chi connectivity index (χ4n) is 2.58. The van der Waals surface area contributed by atoms with E-state index in [1.54, 1.807) is 33.3 Å². The highest BCUT2D eigenvalue weighted by atomic mass is 19.3. The lowest BCUT2D eigenvalue weighted by Crippen LogP contribution is -2.39. The summed E-state index contributed by atoms with van der Waals surface area (Å²) in [5, 5.41) is 0. The van der Waals surface area contributed by atoms with Gasteiger partial charge >= 0.3 is 6.09 Å². The first-order valence-electron chi connectivity index (χ1n) is 9.45. The molecule has 0 spiro atoms. The number of rotatable bonds is 0. The molecule has 2 aliphatic rings. The Morgan fingerprint density at radius 1 is 1.19 bits per heavy atom. The summed E-state index contributed by atoms with van der Waals surface area (Å²) in [5.41, 5.74) is 1.28. The largest absolute Gasteiger partial charge is 0.444 e. The van der Waals surface area contributed by atoms with Gasteiger partial charge in [0, 0.05) is 12.5 Å². The van der Waals surface area contributed by atoms with Gasteiger partial charge in [0.2, 0.25) is 0 Å². The fraction of sp³-hybridized carbons (Fsp3) is 0.762. The highest BCUT2D eigenvalue weighted by Gasteiger charge is 2.46. The molecule has 1 amide bonds. The summed E-state index contributed by atoms with van der Waals surface area (Å²) in [5.74, 6) is -2.78. The number of carbonyl (C=O) groups excluding carboxylic acids is 1. The molecule has 0 bridgehead atoms. The van der Waals surface area contributed by atoms with Gasteiger partial charge in [-0.15, -0.1) is 0 Å². The quantitative estimate of drug-likeness (QED) is 0.479. The summed E-state index contributed by atoms with van der Waals surface area (Å²) in [6.45, 7) is 17.0. The second-order valence-electron chi connectivity index (χ2n) is 8.59. The van der Waals surface area contributed by atoms with E-state index >= 15 is 0 Å². The summed E-state index contributed by atoms with van der Waals surface area (Å²) in [6.07, 6.45) is 6.78. The standard InChI is InChI=1S/C10H17F2NO2.C9H14.C2H6/c1-7-5-10(11,12)6-13(7)8(14)15-9(2,3)4;1-9(2,3)8-6-4-5-7-8;1-2/h7H,5-6H2,1-4H3;4-6H,7H2,1-3H3;1-2H3. The molecule has 0 aromatic carbocycles. The molecule has 0 N–H and O–H groups in total. The Hall–Kier alpha value is -1.39. The molecular weight excluding hydrogens is 336 g/mol. The van der Waals surface area contributed by atoms with Crippen LogP contribution in [-0.4, -0.2) is 35.1 Å². The zero-order chi connectivity index (χ0) is 20.8. The predicted octanol–water partition coefficient (Wildman–Crippen LogP) is 6.60. The van der Waals surface area contributed by atoms with Crippen molar-refractivity contribution in [2.24, 2.45) is 5.41 Å². The van der Waals surface area contributed by atoms with Gasteiger partial charge in [-0.05, 0) is 39.5 Å². The van der Waals surface area contributed by atoms with Gasteiger partial charge in [0.05, 0.1) is 6.54 Å². The van der Waals surface area contributed by atoms with Gasteiger partial charge < -0.3 is 4.74 Å². The van der Waals surface area contributed by atoms with Crippen LogP contribution in [0.4, 0.5) is 13.6 Å². The van der Waals surface area contributed by atoms with Crippen molar-refractivity contribution in [3.63, 3.8) is 0 Å². The Morgan fingerprint density at radius 3 is 2.00 bits per heavy atom. The van der Waals surface area contributed by atoms with Crippen LogP contribution in [-0.2, 0) is 4.74 Å². The van der Waals surface area contributed by atoms with Crippen LogP contribution in [0.2, 0.25) is 0 Å². The van der Waals surface area contributed by atoms with Crippen molar-refractivity contribution in [3.05, 3.63) is 23.8 Å². The summed E-state index contributed by atoms with van der Waals surface area (Å²) in [6, 6.07) is -0.463. The number of halogens is 2. The van der Waals surface area contributed by atoms with Crippen LogP contribution < -0.4 is 0 Å². The molecular formula is C21H37F2NO2. The normalized spacial score (nSPS) is 21.3. The average molecular weight is 374 g/mol. The summed E-state index contributed by atoms with van der Waals surface area (Å²) < 4.78 is 31.0. The zero-order valence-electron chi connectivity index (χ0n) is 18.0. The molecule has 5 heteroatoms. The van der Waals surface area contributed by atoms with Crippen LogP contribution in [0.1, 0.15) is 75.2 Å². The lowest BCUT2D eigenvalue weighted by Gasteiger charge is -2.26. The Kier molecular flexibility index (Phi) is 9.01. The van der Waals surface area contributed by atoms with Crippen molar-refractivity contribution in [3.8, 4) is 0 Å². The third-order valence-corrected chi connectivity index (χ3v) is 3.89. The van der Waals surface area contributed by atoms with E-state index in [4.69, 9.17) is 4.74 Å².